The van der Waals surface area contributed by atoms with Gasteiger partial charge in [0.1, 0.15) is 0 Å². The number of halogens is 1. The Bertz CT molecular complexity index is 459. The van der Waals surface area contributed by atoms with Gasteiger partial charge in [-0.3, -0.25) is 0 Å². The van der Waals surface area contributed by atoms with Gasteiger partial charge in [0.2, 0.25) is 0 Å². The van der Waals surface area contributed by atoms with Gasteiger partial charge in [-0.25, -0.2) is 14.4 Å². The molecule has 0 saturated carbocycles. The van der Waals surface area contributed by atoms with Crippen molar-refractivity contribution in [2.75, 3.05) is 7.11 Å². The van der Waals surface area contributed by atoms with Crippen LogP contribution in [0.4, 0.5) is 4.39 Å². The zero-order chi connectivity index (χ0) is 10.7. The molecule has 0 amide bonds. The third-order valence-electron chi connectivity index (χ3n) is 2.00. The van der Waals surface area contributed by atoms with Crippen molar-refractivity contribution in [3.05, 3.63) is 42.7 Å². The van der Waals surface area contributed by atoms with E-state index in [0.29, 0.717) is 11.1 Å². The molecule has 1 aromatic carbocycles. The fourth-order valence-electron chi connectivity index (χ4n) is 1.35. The summed E-state index contributed by atoms with van der Waals surface area (Å²) in [6.07, 6.45) is 5.54. The molecule has 3 nitrogen and oxygen atoms in total. The van der Waals surface area contributed by atoms with Crippen LogP contribution in [0.1, 0.15) is 0 Å². The molecular formula is C11H8FN2O. The van der Waals surface area contributed by atoms with E-state index in [9.17, 15) is 4.39 Å². The van der Waals surface area contributed by atoms with Crippen LogP contribution >= 0.6 is 0 Å². The highest BCUT2D eigenvalue weighted by Crippen LogP contribution is 2.30. The third-order valence-corrected chi connectivity index (χ3v) is 2.00. The molecule has 0 spiro atoms. The number of ether oxygens (including phenoxy) is 1. The summed E-state index contributed by atoms with van der Waals surface area (Å²) in [6.45, 7) is 0. The number of rotatable bonds is 2. The highest BCUT2D eigenvalue weighted by Gasteiger charge is 2.10. The van der Waals surface area contributed by atoms with E-state index in [1.54, 1.807) is 24.5 Å². The van der Waals surface area contributed by atoms with E-state index in [-0.39, 0.29) is 5.75 Å². The number of para-hydroxylation sites is 1. The van der Waals surface area contributed by atoms with Gasteiger partial charge in [0, 0.05) is 23.5 Å². The van der Waals surface area contributed by atoms with Crippen molar-refractivity contribution in [2.45, 2.75) is 0 Å². The van der Waals surface area contributed by atoms with E-state index in [4.69, 9.17) is 4.74 Å². The number of nitrogens with zero attached hydrogens (tertiary/aromatic N) is 2. The number of benzene rings is 1. The molecule has 2 rings (SSSR count). The van der Waals surface area contributed by atoms with Crippen molar-refractivity contribution in [2.24, 2.45) is 0 Å². The van der Waals surface area contributed by atoms with Gasteiger partial charge in [0.25, 0.3) is 0 Å². The molecule has 0 saturated heterocycles. The van der Waals surface area contributed by atoms with Crippen molar-refractivity contribution in [1.82, 2.24) is 9.97 Å². The molecule has 0 bridgehead atoms. The fourth-order valence-corrected chi connectivity index (χ4v) is 1.35. The number of aromatic nitrogens is 2. The van der Waals surface area contributed by atoms with Crippen LogP contribution in [0.25, 0.3) is 11.1 Å². The van der Waals surface area contributed by atoms with Crippen LogP contribution in [0.2, 0.25) is 0 Å². The molecule has 0 aliphatic heterocycles. The lowest BCUT2D eigenvalue weighted by Crippen LogP contribution is -1.92. The predicted molar refractivity (Wildman–Crippen MR) is 52.8 cm³/mol. The minimum atomic E-state index is -0.400. The van der Waals surface area contributed by atoms with Gasteiger partial charge in [-0.1, -0.05) is 12.1 Å². The van der Waals surface area contributed by atoms with Crippen molar-refractivity contribution >= 4 is 0 Å². The van der Waals surface area contributed by atoms with Gasteiger partial charge in [0.15, 0.2) is 17.9 Å². The van der Waals surface area contributed by atoms with E-state index in [1.807, 2.05) is 0 Å². The van der Waals surface area contributed by atoms with Gasteiger partial charge in [-0.15, -0.1) is 0 Å². The Kier molecular flexibility index (Phi) is 2.58. The average molecular weight is 203 g/mol. The van der Waals surface area contributed by atoms with E-state index >= 15 is 0 Å². The summed E-state index contributed by atoms with van der Waals surface area (Å²) < 4.78 is 18.4. The summed E-state index contributed by atoms with van der Waals surface area (Å²) >= 11 is 0. The first-order chi connectivity index (χ1) is 7.33. The topological polar surface area (TPSA) is 35.0 Å². The molecule has 2 aromatic rings. The SMILES string of the molecule is COc1c(F)cccc1-c1cn[c]nc1. The summed E-state index contributed by atoms with van der Waals surface area (Å²) in [5, 5.41) is 0. The predicted octanol–water partition coefficient (Wildman–Crippen LogP) is 2.09. The Morgan fingerprint density at radius 1 is 1.27 bits per heavy atom. The minimum Gasteiger partial charge on any atom is -0.493 e. The van der Waals surface area contributed by atoms with Gasteiger partial charge in [0.05, 0.1) is 7.11 Å². The smallest absolute Gasteiger partial charge is 0.197 e. The highest BCUT2D eigenvalue weighted by atomic mass is 19.1. The molecule has 0 N–H and O–H groups in total. The average Bonchev–Trinajstić information content (AvgIpc) is 2.30. The van der Waals surface area contributed by atoms with Crippen molar-refractivity contribution < 1.29 is 9.13 Å². The molecule has 1 aromatic heterocycles. The van der Waals surface area contributed by atoms with Crippen LogP contribution in [-0.4, -0.2) is 17.1 Å². The second-order valence-electron chi connectivity index (χ2n) is 2.89. The maximum atomic E-state index is 13.4. The monoisotopic (exact) mass is 203 g/mol. The molecule has 0 fully saturated rings. The largest absolute Gasteiger partial charge is 0.493 e. The number of hydrogen-bond acceptors (Lipinski definition) is 3. The van der Waals surface area contributed by atoms with Crippen LogP contribution in [-0.2, 0) is 0 Å². The Labute approximate surface area is 86.6 Å². The van der Waals surface area contributed by atoms with Crippen LogP contribution in [0.3, 0.4) is 0 Å². The van der Waals surface area contributed by atoms with Crippen LogP contribution in [0.15, 0.2) is 30.6 Å². The normalized spacial score (nSPS) is 10.0. The standard InChI is InChI=1S/C11H8FN2O/c1-15-11-9(3-2-4-10(11)12)8-5-13-7-14-6-8/h2-6H,1H3. The Morgan fingerprint density at radius 2 is 2.00 bits per heavy atom. The van der Waals surface area contributed by atoms with Gasteiger partial charge in [-0.05, 0) is 6.07 Å². The van der Waals surface area contributed by atoms with Crippen LogP contribution < -0.4 is 4.74 Å². The Balaban J connectivity index is 2.58. The molecule has 1 heterocycles. The van der Waals surface area contributed by atoms with Crippen LogP contribution in [0, 0.1) is 12.1 Å². The maximum Gasteiger partial charge on any atom is 0.197 e. The summed E-state index contributed by atoms with van der Waals surface area (Å²) in [7, 11) is 1.43. The van der Waals surface area contributed by atoms with E-state index in [1.165, 1.54) is 13.2 Å². The quantitative estimate of drug-likeness (QED) is 0.749. The molecular weight excluding hydrogens is 195 g/mol. The first-order valence-corrected chi connectivity index (χ1v) is 4.34. The van der Waals surface area contributed by atoms with E-state index in [0.717, 1.165) is 0 Å². The number of hydrogen-bond donors (Lipinski definition) is 0. The lowest BCUT2D eigenvalue weighted by molar-refractivity contribution is 0.388. The van der Waals surface area contributed by atoms with Gasteiger partial charge < -0.3 is 4.74 Å². The zero-order valence-electron chi connectivity index (χ0n) is 8.07. The Morgan fingerprint density at radius 3 is 2.67 bits per heavy atom. The zero-order valence-corrected chi connectivity index (χ0v) is 8.07. The molecule has 75 valence electrons. The lowest BCUT2D eigenvalue weighted by Gasteiger charge is -2.08. The molecule has 4 heteroatoms. The molecule has 1 radical (unpaired) electrons. The Hall–Kier alpha value is -1.97. The second-order valence-corrected chi connectivity index (χ2v) is 2.89. The third kappa shape index (κ3) is 1.79. The van der Waals surface area contributed by atoms with Crippen LogP contribution in [0.5, 0.6) is 5.75 Å². The van der Waals surface area contributed by atoms with E-state index in [2.05, 4.69) is 16.3 Å². The number of methoxy groups -OCH3 is 1. The van der Waals surface area contributed by atoms with Gasteiger partial charge >= 0.3 is 0 Å². The second kappa shape index (κ2) is 4.04. The minimum absolute atomic E-state index is 0.201. The van der Waals surface area contributed by atoms with Crippen molar-refractivity contribution in [1.29, 1.82) is 0 Å². The van der Waals surface area contributed by atoms with Gasteiger partial charge in [-0.2, -0.15) is 0 Å². The van der Waals surface area contributed by atoms with Crippen molar-refractivity contribution in [3.63, 3.8) is 0 Å². The molecule has 0 aliphatic rings. The summed E-state index contributed by atoms with van der Waals surface area (Å²) in [4.78, 5) is 7.50. The summed E-state index contributed by atoms with van der Waals surface area (Å²) in [5.41, 5.74) is 1.33. The summed E-state index contributed by atoms with van der Waals surface area (Å²) in [6, 6.07) is 4.71. The molecule has 15 heavy (non-hydrogen) atoms. The molecule has 0 aliphatic carbocycles. The summed E-state index contributed by atoms with van der Waals surface area (Å²) in [5.74, 6) is -0.199. The maximum absolute atomic E-state index is 13.4. The van der Waals surface area contributed by atoms with Crippen molar-refractivity contribution in [3.8, 4) is 16.9 Å². The molecule has 0 atom stereocenters. The first kappa shape index (κ1) is 9.58. The fraction of sp³-hybridized carbons (Fsp3) is 0.0909. The highest BCUT2D eigenvalue weighted by molar-refractivity contribution is 5.69. The first-order valence-electron chi connectivity index (χ1n) is 4.34. The molecule has 0 unspecified atom stereocenters. The van der Waals surface area contributed by atoms with E-state index < -0.39 is 5.82 Å². The lowest BCUT2D eigenvalue weighted by atomic mass is 10.1.